The molecule has 1 aromatic rings. The van der Waals surface area contributed by atoms with Crippen molar-refractivity contribution >= 4 is 5.78 Å². The highest BCUT2D eigenvalue weighted by atomic mass is 16.1. The van der Waals surface area contributed by atoms with E-state index in [0.717, 1.165) is 30.6 Å². The highest BCUT2D eigenvalue weighted by Crippen LogP contribution is 2.24. The maximum Gasteiger partial charge on any atom is 0.178 e. The van der Waals surface area contributed by atoms with Crippen LogP contribution in [0, 0.1) is 0 Å². The summed E-state index contributed by atoms with van der Waals surface area (Å²) in [5, 5.41) is 0. The smallest absolute Gasteiger partial charge is 0.178 e. The molecule has 0 amide bonds. The summed E-state index contributed by atoms with van der Waals surface area (Å²) in [6.45, 7) is 1.35. The molecular weight excluding hydrogens is 236 g/mol. The van der Waals surface area contributed by atoms with Crippen molar-refractivity contribution in [2.24, 2.45) is 0 Å². The Morgan fingerprint density at radius 1 is 1.00 bits per heavy atom. The Balaban J connectivity index is 1.98. The van der Waals surface area contributed by atoms with Crippen LogP contribution < -0.4 is 0 Å². The predicted octanol–water partition coefficient (Wildman–Crippen LogP) is 2.76. The first kappa shape index (κ1) is 12.8. The molecule has 0 N–H and O–H groups in total. The summed E-state index contributed by atoms with van der Waals surface area (Å²) in [7, 11) is 1.99. The van der Waals surface area contributed by atoms with Crippen LogP contribution in [0.25, 0.3) is 0 Å². The van der Waals surface area contributed by atoms with Crippen LogP contribution in [0.3, 0.4) is 0 Å². The van der Waals surface area contributed by atoms with Crippen molar-refractivity contribution in [1.82, 2.24) is 9.88 Å². The number of nitrogens with zero attached hydrogens (tertiary/aromatic N) is 2. The first-order chi connectivity index (χ1) is 9.24. The fourth-order valence-corrected chi connectivity index (χ4v) is 3.21. The second-order valence-corrected chi connectivity index (χ2v) is 5.95. The highest BCUT2D eigenvalue weighted by molar-refractivity contribution is 5.99. The number of aryl methyl sites for hydroxylation is 2. The van der Waals surface area contributed by atoms with Gasteiger partial charge in [-0.25, -0.2) is 0 Å². The largest absolute Gasteiger partial charge is 0.293 e. The lowest BCUT2D eigenvalue weighted by molar-refractivity contribution is 0.0920. The van der Waals surface area contributed by atoms with Crippen LogP contribution in [0.4, 0.5) is 0 Å². The predicted molar refractivity (Wildman–Crippen MR) is 75.4 cm³/mol. The van der Waals surface area contributed by atoms with Gasteiger partial charge in [-0.3, -0.25) is 14.7 Å². The van der Waals surface area contributed by atoms with Gasteiger partial charge in [0.05, 0.1) is 12.2 Å². The number of carbonyl (C=O) groups is 1. The second-order valence-electron chi connectivity index (χ2n) is 5.95. The molecule has 0 saturated heterocycles. The van der Waals surface area contributed by atoms with Crippen molar-refractivity contribution < 1.29 is 4.79 Å². The minimum absolute atomic E-state index is 0.235. The van der Waals surface area contributed by atoms with E-state index in [2.05, 4.69) is 11.0 Å². The zero-order valence-corrected chi connectivity index (χ0v) is 11.7. The zero-order chi connectivity index (χ0) is 13.2. The molecule has 1 aromatic heterocycles. The van der Waals surface area contributed by atoms with Crippen LogP contribution in [0.2, 0.25) is 0 Å². The maximum atomic E-state index is 12.1. The first-order valence-corrected chi connectivity index (χ1v) is 7.47. The van der Waals surface area contributed by atoms with Gasteiger partial charge in [0.1, 0.15) is 0 Å². The Morgan fingerprint density at radius 2 is 1.74 bits per heavy atom. The maximum absolute atomic E-state index is 12.1. The zero-order valence-electron chi connectivity index (χ0n) is 11.7. The molecule has 19 heavy (non-hydrogen) atoms. The molecule has 0 radical (unpaired) electrons. The monoisotopic (exact) mass is 258 g/mol. The summed E-state index contributed by atoms with van der Waals surface area (Å²) in [6, 6.07) is 2.15. The SMILES string of the molecule is CN1CC(=O)c2cc3c(nc2C1)CCCCCCC3. The number of hydrogen-bond acceptors (Lipinski definition) is 3. The van der Waals surface area contributed by atoms with Crippen molar-refractivity contribution in [2.75, 3.05) is 13.6 Å². The van der Waals surface area contributed by atoms with Crippen LogP contribution in [-0.2, 0) is 19.4 Å². The standard InChI is InChI=1S/C16H22N2O/c1-18-10-15-13(16(19)11-18)9-12-7-5-3-2-4-6-8-14(12)17-15/h9H,2-8,10-11H2,1H3. The van der Waals surface area contributed by atoms with E-state index >= 15 is 0 Å². The third-order valence-electron chi connectivity index (χ3n) is 4.26. The number of rotatable bonds is 0. The normalized spacial score (nSPS) is 21.0. The third kappa shape index (κ3) is 2.71. The first-order valence-electron chi connectivity index (χ1n) is 7.47. The van der Waals surface area contributed by atoms with Crippen LogP contribution >= 0.6 is 0 Å². The Bertz CT molecular complexity index is 496. The minimum atomic E-state index is 0.235. The van der Waals surface area contributed by atoms with E-state index < -0.39 is 0 Å². The molecule has 0 spiro atoms. The molecule has 0 aromatic carbocycles. The summed E-state index contributed by atoms with van der Waals surface area (Å²) >= 11 is 0. The molecule has 0 fully saturated rings. The minimum Gasteiger partial charge on any atom is -0.293 e. The van der Waals surface area contributed by atoms with E-state index in [1.165, 1.54) is 43.4 Å². The quantitative estimate of drug-likeness (QED) is 0.717. The topological polar surface area (TPSA) is 33.2 Å². The molecule has 3 nitrogen and oxygen atoms in total. The molecule has 3 heteroatoms. The molecule has 0 saturated carbocycles. The van der Waals surface area contributed by atoms with Crippen LogP contribution in [0.5, 0.6) is 0 Å². The van der Waals surface area contributed by atoms with Gasteiger partial charge in [0, 0.05) is 17.8 Å². The summed E-state index contributed by atoms with van der Waals surface area (Å²) in [6.07, 6.45) is 8.63. The molecule has 1 aliphatic carbocycles. The van der Waals surface area contributed by atoms with E-state index in [4.69, 9.17) is 4.98 Å². The van der Waals surface area contributed by atoms with E-state index in [1.807, 2.05) is 7.05 Å². The van der Waals surface area contributed by atoms with Crippen molar-refractivity contribution in [2.45, 2.75) is 51.5 Å². The number of likely N-dealkylation sites (N-methyl/N-ethyl adjacent to an activating group) is 1. The van der Waals surface area contributed by atoms with E-state index in [1.54, 1.807) is 0 Å². The number of Topliss-reactive ketones (excluding diaryl/α,β-unsaturated/α-hetero) is 1. The van der Waals surface area contributed by atoms with Gasteiger partial charge in [-0.05, 0) is 44.4 Å². The Kier molecular flexibility index (Phi) is 3.65. The molecule has 102 valence electrons. The molecule has 2 aliphatic rings. The van der Waals surface area contributed by atoms with Gasteiger partial charge in [0.25, 0.3) is 0 Å². The van der Waals surface area contributed by atoms with Gasteiger partial charge >= 0.3 is 0 Å². The second kappa shape index (κ2) is 5.41. The van der Waals surface area contributed by atoms with Gasteiger partial charge < -0.3 is 0 Å². The van der Waals surface area contributed by atoms with Gasteiger partial charge in [0.2, 0.25) is 0 Å². The van der Waals surface area contributed by atoms with Crippen LogP contribution in [-0.4, -0.2) is 29.3 Å². The number of ketones is 1. The average Bonchev–Trinajstić information content (AvgIpc) is 2.48. The highest BCUT2D eigenvalue weighted by Gasteiger charge is 2.23. The number of carbonyl (C=O) groups excluding carboxylic acids is 1. The van der Waals surface area contributed by atoms with Gasteiger partial charge in [-0.15, -0.1) is 0 Å². The van der Waals surface area contributed by atoms with Gasteiger partial charge in [-0.2, -0.15) is 0 Å². The Labute approximate surface area is 115 Å². The summed E-state index contributed by atoms with van der Waals surface area (Å²) in [5.74, 6) is 0.235. The molecule has 0 unspecified atom stereocenters. The molecule has 0 atom stereocenters. The molecule has 2 heterocycles. The molecule has 1 aliphatic heterocycles. The average molecular weight is 258 g/mol. The van der Waals surface area contributed by atoms with Crippen molar-refractivity contribution in [3.05, 3.63) is 28.6 Å². The van der Waals surface area contributed by atoms with E-state index in [9.17, 15) is 4.79 Å². The molecule has 3 rings (SSSR count). The van der Waals surface area contributed by atoms with E-state index in [-0.39, 0.29) is 5.78 Å². The number of pyridine rings is 1. The summed E-state index contributed by atoms with van der Waals surface area (Å²) in [4.78, 5) is 19.0. The number of fused-ring (bicyclic) bond motifs is 2. The fourth-order valence-electron chi connectivity index (χ4n) is 3.21. The molecular formula is C16H22N2O. The van der Waals surface area contributed by atoms with Gasteiger partial charge in [0.15, 0.2) is 5.78 Å². The fraction of sp³-hybridized carbons (Fsp3) is 0.625. The third-order valence-corrected chi connectivity index (χ3v) is 4.26. The lowest BCUT2D eigenvalue weighted by atomic mass is 9.97. The lowest BCUT2D eigenvalue weighted by Crippen LogP contribution is -2.33. The van der Waals surface area contributed by atoms with Crippen molar-refractivity contribution in [3.63, 3.8) is 0 Å². The summed E-state index contributed by atoms with van der Waals surface area (Å²) in [5.41, 5.74) is 4.47. The van der Waals surface area contributed by atoms with E-state index in [0.29, 0.717) is 6.54 Å². The van der Waals surface area contributed by atoms with Crippen LogP contribution in [0.1, 0.15) is 59.4 Å². The van der Waals surface area contributed by atoms with Crippen molar-refractivity contribution in [1.29, 1.82) is 0 Å². The number of aromatic nitrogens is 1. The Hall–Kier alpha value is -1.22. The van der Waals surface area contributed by atoms with Crippen LogP contribution in [0.15, 0.2) is 6.07 Å². The Morgan fingerprint density at radius 3 is 2.58 bits per heavy atom. The lowest BCUT2D eigenvalue weighted by Gasteiger charge is -2.24. The van der Waals surface area contributed by atoms with Crippen molar-refractivity contribution in [3.8, 4) is 0 Å². The molecule has 0 bridgehead atoms. The summed E-state index contributed by atoms with van der Waals surface area (Å²) < 4.78 is 0. The number of hydrogen-bond donors (Lipinski definition) is 0. The van der Waals surface area contributed by atoms with Gasteiger partial charge in [-0.1, -0.05) is 19.3 Å².